The summed E-state index contributed by atoms with van der Waals surface area (Å²) in [6, 6.07) is 5.59. The molecule has 0 aromatic heterocycles. The summed E-state index contributed by atoms with van der Waals surface area (Å²) in [5, 5.41) is 0. The Hall–Kier alpha value is -2.24. The molecule has 2 aliphatic rings. The number of nitrogens with zero attached hydrogens (tertiary/aromatic N) is 2. The molecule has 0 atom stereocenters. The molecule has 3 rings (SSSR count). The van der Waals surface area contributed by atoms with Crippen LogP contribution in [0.3, 0.4) is 0 Å². The lowest BCUT2D eigenvalue weighted by Crippen LogP contribution is -2.50. The Labute approximate surface area is 129 Å². The van der Waals surface area contributed by atoms with Crippen LogP contribution in [0.15, 0.2) is 18.2 Å². The molecule has 1 aromatic carbocycles. The summed E-state index contributed by atoms with van der Waals surface area (Å²) in [5.74, 6) is 0.891. The molecule has 1 saturated heterocycles. The molecule has 1 fully saturated rings. The highest BCUT2D eigenvalue weighted by molar-refractivity contribution is 5.94. The molecule has 0 N–H and O–H groups in total. The van der Waals surface area contributed by atoms with Crippen LogP contribution in [0.1, 0.15) is 22.8 Å². The van der Waals surface area contributed by atoms with Gasteiger partial charge >= 0.3 is 6.09 Å². The molecular weight excluding hydrogens is 284 g/mol. The van der Waals surface area contributed by atoms with Crippen LogP contribution in [0.4, 0.5) is 4.79 Å². The van der Waals surface area contributed by atoms with E-state index >= 15 is 0 Å². The van der Waals surface area contributed by atoms with E-state index in [0.717, 1.165) is 17.7 Å². The monoisotopic (exact) mass is 304 g/mol. The van der Waals surface area contributed by atoms with Crippen molar-refractivity contribution in [2.45, 2.75) is 13.3 Å². The maximum absolute atomic E-state index is 12.6. The van der Waals surface area contributed by atoms with E-state index in [1.165, 1.54) is 0 Å². The Kier molecular flexibility index (Phi) is 4.18. The minimum absolute atomic E-state index is 0.0122. The van der Waals surface area contributed by atoms with Crippen LogP contribution in [0, 0.1) is 0 Å². The number of rotatable bonds is 2. The lowest BCUT2D eigenvalue weighted by atomic mass is 10.1. The molecule has 6 heteroatoms. The van der Waals surface area contributed by atoms with Crippen LogP contribution in [0.25, 0.3) is 0 Å². The van der Waals surface area contributed by atoms with Crippen molar-refractivity contribution in [2.24, 2.45) is 0 Å². The van der Waals surface area contributed by atoms with Gasteiger partial charge in [0.15, 0.2) is 0 Å². The molecule has 0 unspecified atom stereocenters. The third kappa shape index (κ3) is 2.86. The first-order valence-electron chi connectivity index (χ1n) is 7.65. The van der Waals surface area contributed by atoms with Crippen molar-refractivity contribution in [3.05, 3.63) is 29.3 Å². The van der Waals surface area contributed by atoms with Gasteiger partial charge in [-0.25, -0.2) is 4.79 Å². The zero-order valence-corrected chi connectivity index (χ0v) is 12.7. The summed E-state index contributed by atoms with van der Waals surface area (Å²) in [5.41, 5.74) is 1.78. The average molecular weight is 304 g/mol. The molecule has 2 amide bonds. The quantitative estimate of drug-likeness (QED) is 0.831. The van der Waals surface area contributed by atoms with Gasteiger partial charge in [0.25, 0.3) is 5.91 Å². The van der Waals surface area contributed by atoms with Gasteiger partial charge in [-0.15, -0.1) is 0 Å². The van der Waals surface area contributed by atoms with Gasteiger partial charge < -0.3 is 19.3 Å². The van der Waals surface area contributed by atoms with Gasteiger partial charge in [0, 0.05) is 38.2 Å². The number of hydrogen-bond donors (Lipinski definition) is 0. The number of carbonyl (C=O) groups excluding carboxylic acids is 2. The number of piperazine rings is 1. The van der Waals surface area contributed by atoms with Gasteiger partial charge in [-0.05, 0) is 30.7 Å². The lowest BCUT2D eigenvalue weighted by Gasteiger charge is -2.34. The molecule has 22 heavy (non-hydrogen) atoms. The first-order valence-corrected chi connectivity index (χ1v) is 7.65. The van der Waals surface area contributed by atoms with Crippen LogP contribution in [-0.2, 0) is 11.2 Å². The van der Waals surface area contributed by atoms with Gasteiger partial charge in [0.05, 0.1) is 13.2 Å². The van der Waals surface area contributed by atoms with Crippen molar-refractivity contribution in [1.82, 2.24) is 9.80 Å². The van der Waals surface area contributed by atoms with Crippen molar-refractivity contribution < 1.29 is 19.1 Å². The van der Waals surface area contributed by atoms with Gasteiger partial charge in [0.2, 0.25) is 0 Å². The number of benzene rings is 1. The highest BCUT2D eigenvalue weighted by Gasteiger charge is 2.26. The van der Waals surface area contributed by atoms with Crippen LogP contribution in [0.2, 0.25) is 0 Å². The van der Waals surface area contributed by atoms with Crippen LogP contribution in [-0.4, -0.2) is 61.2 Å². The third-order valence-electron chi connectivity index (χ3n) is 4.03. The second-order valence-electron chi connectivity index (χ2n) is 5.40. The first-order chi connectivity index (χ1) is 10.7. The Bertz CT molecular complexity index is 580. The second-order valence-corrected chi connectivity index (χ2v) is 5.40. The maximum Gasteiger partial charge on any atom is 0.409 e. The SMILES string of the molecule is CCOC(=O)N1CCN(C(=O)c2ccc3c(c2)CCO3)CC1. The number of hydrogen-bond acceptors (Lipinski definition) is 4. The minimum atomic E-state index is -0.302. The number of carbonyl (C=O) groups is 2. The van der Waals surface area contributed by atoms with E-state index in [1.54, 1.807) is 16.7 Å². The van der Waals surface area contributed by atoms with Crippen LogP contribution < -0.4 is 4.74 Å². The fraction of sp³-hybridized carbons (Fsp3) is 0.500. The highest BCUT2D eigenvalue weighted by atomic mass is 16.6. The molecule has 0 spiro atoms. The summed E-state index contributed by atoms with van der Waals surface area (Å²) in [4.78, 5) is 27.6. The minimum Gasteiger partial charge on any atom is -0.493 e. The molecule has 0 aliphatic carbocycles. The van der Waals surface area contributed by atoms with Crippen LogP contribution in [0.5, 0.6) is 5.75 Å². The standard InChI is InChI=1S/C16H20N2O4/c1-2-21-16(20)18-8-6-17(7-9-18)15(19)13-3-4-14-12(11-13)5-10-22-14/h3-4,11H,2,5-10H2,1H3. The summed E-state index contributed by atoms with van der Waals surface area (Å²) in [6.07, 6.45) is 0.553. The van der Waals surface area contributed by atoms with Crippen molar-refractivity contribution in [3.8, 4) is 5.75 Å². The molecular formula is C16H20N2O4. The van der Waals surface area contributed by atoms with E-state index in [2.05, 4.69) is 0 Å². The summed E-state index contributed by atoms with van der Waals surface area (Å²) < 4.78 is 10.4. The Morgan fingerprint density at radius 3 is 2.64 bits per heavy atom. The summed E-state index contributed by atoms with van der Waals surface area (Å²) >= 11 is 0. The normalized spacial score (nSPS) is 17.0. The topological polar surface area (TPSA) is 59.1 Å². The molecule has 1 aromatic rings. The zero-order valence-electron chi connectivity index (χ0n) is 12.7. The predicted molar refractivity (Wildman–Crippen MR) is 80.1 cm³/mol. The van der Waals surface area contributed by atoms with E-state index in [-0.39, 0.29) is 12.0 Å². The Morgan fingerprint density at radius 2 is 1.91 bits per heavy atom. The van der Waals surface area contributed by atoms with E-state index in [1.807, 2.05) is 18.2 Å². The summed E-state index contributed by atoms with van der Waals surface area (Å²) in [7, 11) is 0. The number of fused-ring (bicyclic) bond motifs is 1. The smallest absolute Gasteiger partial charge is 0.409 e. The lowest BCUT2D eigenvalue weighted by molar-refractivity contribution is 0.0570. The predicted octanol–water partition coefficient (Wildman–Crippen LogP) is 1.54. The molecule has 118 valence electrons. The Morgan fingerprint density at radius 1 is 1.18 bits per heavy atom. The van der Waals surface area contributed by atoms with Crippen molar-refractivity contribution in [2.75, 3.05) is 39.4 Å². The van der Waals surface area contributed by atoms with Crippen LogP contribution >= 0.6 is 0 Å². The molecule has 0 saturated carbocycles. The molecule has 0 bridgehead atoms. The first kappa shape index (κ1) is 14.7. The molecule has 2 heterocycles. The van der Waals surface area contributed by atoms with E-state index in [9.17, 15) is 9.59 Å². The summed E-state index contributed by atoms with van der Waals surface area (Å²) in [6.45, 7) is 4.93. The van der Waals surface area contributed by atoms with E-state index in [0.29, 0.717) is 45.0 Å². The number of amides is 2. The van der Waals surface area contributed by atoms with Gasteiger partial charge in [-0.1, -0.05) is 0 Å². The fourth-order valence-corrected chi connectivity index (χ4v) is 2.81. The zero-order chi connectivity index (χ0) is 15.5. The van der Waals surface area contributed by atoms with Gasteiger partial charge in [0.1, 0.15) is 5.75 Å². The van der Waals surface area contributed by atoms with Gasteiger partial charge in [-0.2, -0.15) is 0 Å². The van der Waals surface area contributed by atoms with E-state index in [4.69, 9.17) is 9.47 Å². The van der Waals surface area contributed by atoms with Gasteiger partial charge in [-0.3, -0.25) is 4.79 Å². The molecule has 0 radical (unpaired) electrons. The van der Waals surface area contributed by atoms with Crippen molar-refractivity contribution in [1.29, 1.82) is 0 Å². The third-order valence-corrected chi connectivity index (χ3v) is 4.03. The fourth-order valence-electron chi connectivity index (χ4n) is 2.81. The van der Waals surface area contributed by atoms with Crippen molar-refractivity contribution in [3.63, 3.8) is 0 Å². The average Bonchev–Trinajstić information content (AvgIpc) is 3.02. The number of ether oxygens (including phenoxy) is 2. The largest absolute Gasteiger partial charge is 0.493 e. The van der Waals surface area contributed by atoms with E-state index < -0.39 is 0 Å². The Balaban J connectivity index is 1.61. The van der Waals surface area contributed by atoms with Crippen molar-refractivity contribution >= 4 is 12.0 Å². The second kappa shape index (κ2) is 6.25. The highest BCUT2D eigenvalue weighted by Crippen LogP contribution is 2.26. The molecule has 6 nitrogen and oxygen atoms in total. The molecule has 2 aliphatic heterocycles. The maximum atomic E-state index is 12.6.